The summed E-state index contributed by atoms with van der Waals surface area (Å²) in [5.74, 6) is 0.215. The van der Waals surface area contributed by atoms with Crippen molar-refractivity contribution in [2.45, 2.75) is 31.8 Å². The number of hydrogen-bond acceptors (Lipinski definition) is 5. The fraction of sp³-hybridized carbons (Fsp3) is 0.545. The van der Waals surface area contributed by atoms with Gasteiger partial charge in [-0.1, -0.05) is 11.2 Å². The Labute approximate surface area is 99.5 Å². The van der Waals surface area contributed by atoms with Gasteiger partial charge in [-0.3, -0.25) is 4.79 Å². The molecule has 2 heterocycles. The fourth-order valence-corrected chi connectivity index (χ4v) is 1.69. The van der Waals surface area contributed by atoms with Gasteiger partial charge in [-0.25, -0.2) is 0 Å². The fourth-order valence-electron chi connectivity index (χ4n) is 1.69. The third kappa shape index (κ3) is 2.71. The van der Waals surface area contributed by atoms with Gasteiger partial charge in [0.1, 0.15) is 0 Å². The van der Waals surface area contributed by atoms with Crippen molar-refractivity contribution in [3.05, 3.63) is 24.4 Å². The SMILES string of the molecule is C=CC(C)NC(=O)c1noc(C2CCCN2)n1. The van der Waals surface area contributed by atoms with Gasteiger partial charge in [-0.05, 0) is 26.3 Å². The molecule has 0 radical (unpaired) electrons. The van der Waals surface area contributed by atoms with Crippen molar-refractivity contribution in [1.82, 2.24) is 20.8 Å². The molecule has 0 saturated carbocycles. The van der Waals surface area contributed by atoms with Crippen molar-refractivity contribution in [2.24, 2.45) is 0 Å². The van der Waals surface area contributed by atoms with E-state index in [-0.39, 0.29) is 23.8 Å². The largest absolute Gasteiger partial charge is 0.343 e. The molecule has 1 saturated heterocycles. The van der Waals surface area contributed by atoms with Crippen LogP contribution in [0.3, 0.4) is 0 Å². The maximum Gasteiger partial charge on any atom is 0.293 e. The Morgan fingerprint density at radius 2 is 2.59 bits per heavy atom. The molecule has 17 heavy (non-hydrogen) atoms. The van der Waals surface area contributed by atoms with Crippen LogP contribution in [0.15, 0.2) is 17.2 Å². The molecule has 6 heteroatoms. The predicted molar refractivity (Wildman–Crippen MR) is 61.4 cm³/mol. The molecule has 2 atom stereocenters. The summed E-state index contributed by atoms with van der Waals surface area (Å²) in [6, 6.07) is -0.0325. The Balaban J connectivity index is 2.01. The van der Waals surface area contributed by atoms with Crippen LogP contribution in [0.1, 0.15) is 42.3 Å². The zero-order valence-electron chi connectivity index (χ0n) is 9.77. The minimum atomic E-state index is -0.342. The number of rotatable bonds is 4. The number of carbonyl (C=O) groups excluding carboxylic acids is 1. The van der Waals surface area contributed by atoms with Gasteiger partial charge in [0.15, 0.2) is 0 Å². The maximum atomic E-state index is 11.7. The first-order valence-electron chi connectivity index (χ1n) is 5.71. The average Bonchev–Trinajstić information content (AvgIpc) is 2.98. The van der Waals surface area contributed by atoms with Crippen LogP contribution in [-0.2, 0) is 0 Å². The smallest absolute Gasteiger partial charge is 0.293 e. The standard InChI is InChI=1S/C11H16N4O2/c1-3-7(2)13-10(16)9-14-11(17-15-9)8-5-4-6-12-8/h3,7-8,12H,1,4-6H2,2H3,(H,13,16). The van der Waals surface area contributed by atoms with Crippen molar-refractivity contribution < 1.29 is 9.32 Å². The molecule has 1 aliphatic heterocycles. The Morgan fingerprint density at radius 3 is 3.24 bits per heavy atom. The molecule has 0 bridgehead atoms. The van der Waals surface area contributed by atoms with E-state index < -0.39 is 0 Å². The number of amides is 1. The Morgan fingerprint density at radius 1 is 1.76 bits per heavy atom. The summed E-state index contributed by atoms with van der Waals surface area (Å²) in [6.45, 7) is 6.36. The van der Waals surface area contributed by atoms with E-state index in [4.69, 9.17) is 4.52 Å². The molecular weight excluding hydrogens is 220 g/mol. The number of hydrogen-bond donors (Lipinski definition) is 2. The molecule has 0 aliphatic carbocycles. The summed E-state index contributed by atoms with van der Waals surface area (Å²) < 4.78 is 5.07. The molecule has 0 spiro atoms. The molecular formula is C11H16N4O2. The van der Waals surface area contributed by atoms with Gasteiger partial charge in [0.25, 0.3) is 11.7 Å². The molecule has 1 aromatic rings. The van der Waals surface area contributed by atoms with E-state index in [0.29, 0.717) is 5.89 Å². The monoisotopic (exact) mass is 236 g/mol. The van der Waals surface area contributed by atoms with Crippen LogP contribution < -0.4 is 10.6 Å². The van der Waals surface area contributed by atoms with E-state index in [1.807, 2.05) is 6.92 Å². The number of nitrogens with zero attached hydrogens (tertiary/aromatic N) is 2. The van der Waals surface area contributed by atoms with Crippen molar-refractivity contribution in [3.8, 4) is 0 Å². The first-order valence-corrected chi connectivity index (χ1v) is 5.71. The number of carbonyl (C=O) groups is 1. The number of nitrogens with one attached hydrogen (secondary N) is 2. The summed E-state index contributed by atoms with van der Waals surface area (Å²) in [5, 5.41) is 9.60. The Kier molecular flexibility index (Phi) is 3.53. The van der Waals surface area contributed by atoms with Crippen molar-refractivity contribution in [3.63, 3.8) is 0 Å². The molecule has 92 valence electrons. The Hall–Kier alpha value is -1.69. The van der Waals surface area contributed by atoms with Gasteiger partial charge in [0.2, 0.25) is 5.89 Å². The first-order chi connectivity index (χ1) is 8.20. The Bertz CT molecular complexity index is 409. The highest BCUT2D eigenvalue weighted by Crippen LogP contribution is 2.20. The van der Waals surface area contributed by atoms with Crippen molar-refractivity contribution in [2.75, 3.05) is 6.54 Å². The predicted octanol–water partition coefficient (Wildman–Crippen LogP) is 0.798. The molecule has 1 aliphatic rings. The van der Waals surface area contributed by atoms with E-state index >= 15 is 0 Å². The molecule has 1 fully saturated rings. The zero-order chi connectivity index (χ0) is 12.3. The minimum Gasteiger partial charge on any atom is -0.343 e. The van der Waals surface area contributed by atoms with E-state index in [0.717, 1.165) is 19.4 Å². The normalized spacial score (nSPS) is 21.1. The third-order valence-electron chi connectivity index (χ3n) is 2.72. The van der Waals surface area contributed by atoms with Crippen molar-refractivity contribution in [1.29, 1.82) is 0 Å². The minimum absolute atomic E-state index is 0.0717. The second kappa shape index (κ2) is 5.09. The average molecular weight is 236 g/mol. The van der Waals surface area contributed by atoms with Crippen LogP contribution in [-0.4, -0.2) is 28.6 Å². The highest BCUT2D eigenvalue weighted by molar-refractivity contribution is 5.90. The molecule has 2 rings (SSSR count). The van der Waals surface area contributed by atoms with E-state index in [1.165, 1.54) is 0 Å². The topological polar surface area (TPSA) is 80.0 Å². The second-order valence-corrected chi connectivity index (χ2v) is 4.10. The quantitative estimate of drug-likeness (QED) is 0.756. The summed E-state index contributed by atoms with van der Waals surface area (Å²) in [7, 11) is 0. The molecule has 2 N–H and O–H groups in total. The summed E-state index contributed by atoms with van der Waals surface area (Å²) >= 11 is 0. The van der Waals surface area contributed by atoms with E-state index in [9.17, 15) is 4.79 Å². The third-order valence-corrected chi connectivity index (χ3v) is 2.72. The lowest BCUT2D eigenvalue weighted by Crippen LogP contribution is -2.31. The molecule has 1 amide bonds. The zero-order valence-corrected chi connectivity index (χ0v) is 9.77. The van der Waals surface area contributed by atoms with Gasteiger partial charge < -0.3 is 15.2 Å². The molecule has 6 nitrogen and oxygen atoms in total. The highest BCUT2D eigenvalue weighted by Gasteiger charge is 2.24. The lowest BCUT2D eigenvalue weighted by atomic mass is 10.2. The van der Waals surface area contributed by atoms with Gasteiger partial charge >= 0.3 is 0 Å². The first kappa shape index (κ1) is 11.8. The molecule has 0 aromatic carbocycles. The highest BCUT2D eigenvalue weighted by atomic mass is 16.5. The van der Waals surface area contributed by atoms with E-state index in [2.05, 4.69) is 27.4 Å². The lowest BCUT2D eigenvalue weighted by Gasteiger charge is -2.05. The summed E-state index contributed by atoms with van der Waals surface area (Å²) in [4.78, 5) is 15.8. The van der Waals surface area contributed by atoms with Gasteiger partial charge in [-0.2, -0.15) is 4.98 Å². The van der Waals surface area contributed by atoms with Gasteiger partial charge in [0, 0.05) is 6.04 Å². The van der Waals surface area contributed by atoms with Crippen LogP contribution in [0.25, 0.3) is 0 Å². The molecule has 2 unspecified atom stereocenters. The summed E-state index contributed by atoms with van der Waals surface area (Å²) in [5.41, 5.74) is 0. The van der Waals surface area contributed by atoms with Gasteiger partial charge in [-0.15, -0.1) is 6.58 Å². The van der Waals surface area contributed by atoms with Crippen molar-refractivity contribution >= 4 is 5.91 Å². The van der Waals surface area contributed by atoms with Crippen LogP contribution in [0.4, 0.5) is 0 Å². The summed E-state index contributed by atoms with van der Waals surface area (Å²) in [6.07, 6.45) is 3.69. The van der Waals surface area contributed by atoms with Crippen LogP contribution in [0, 0.1) is 0 Å². The van der Waals surface area contributed by atoms with E-state index in [1.54, 1.807) is 6.08 Å². The second-order valence-electron chi connectivity index (χ2n) is 4.10. The van der Waals surface area contributed by atoms with Crippen LogP contribution in [0.2, 0.25) is 0 Å². The van der Waals surface area contributed by atoms with Gasteiger partial charge in [0.05, 0.1) is 6.04 Å². The lowest BCUT2D eigenvalue weighted by molar-refractivity contribution is 0.0933. The number of aromatic nitrogens is 2. The molecule has 1 aromatic heterocycles. The van der Waals surface area contributed by atoms with Crippen LogP contribution >= 0.6 is 0 Å². The van der Waals surface area contributed by atoms with Crippen LogP contribution in [0.5, 0.6) is 0 Å². The maximum absolute atomic E-state index is 11.7.